The van der Waals surface area contributed by atoms with Crippen LogP contribution in [0.1, 0.15) is 58.1 Å². The first-order chi connectivity index (χ1) is 10.3. The predicted octanol–water partition coefficient (Wildman–Crippen LogP) is 3.47. The van der Waals surface area contributed by atoms with Crippen molar-refractivity contribution in [1.29, 1.82) is 0 Å². The number of unbranched alkanes of at least 4 members (excludes halogenated alkanes) is 1. The summed E-state index contributed by atoms with van der Waals surface area (Å²) in [6, 6.07) is 3.83. The molecule has 1 aromatic rings. The van der Waals surface area contributed by atoms with Crippen molar-refractivity contribution in [3.63, 3.8) is 0 Å². The lowest BCUT2D eigenvalue weighted by Crippen LogP contribution is -2.36. The first-order valence-corrected chi connectivity index (χ1v) is 8.09. The lowest BCUT2D eigenvalue weighted by Gasteiger charge is -2.34. The summed E-state index contributed by atoms with van der Waals surface area (Å²) in [5.74, 6) is 0.926. The summed E-state index contributed by atoms with van der Waals surface area (Å²) in [7, 11) is 0. The van der Waals surface area contributed by atoms with Gasteiger partial charge >= 0.3 is 0 Å². The van der Waals surface area contributed by atoms with Crippen LogP contribution in [-0.2, 0) is 6.42 Å². The first kappa shape index (κ1) is 16.8. The first-order valence-electron chi connectivity index (χ1n) is 8.09. The third-order valence-electron chi connectivity index (χ3n) is 3.77. The average molecular weight is 305 g/mol. The van der Waals surface area contributed by atoms with E-state index in [-0.39, 0.29) is 11.4 Å². The zero-order valence-corrected chi connectivity index (χ0v) is 14.0. The van der Waals surface area contributed by atoms with E-state index >= 15 is 0 Å². The van der Waals surface area contributed by atoms with Crippen LogP contribution < -0.4 is 4.74 Å². The minimum atomic E-state index is -0.493. The number of hydrogen-bond donors (Lipinski definition) is 2. The fourth-order valence-corrected chi connectivity index (χ4v) is 2.75. The maximum Gasteiger partial charge on any atom is 0.133 e. The number of aromatic hydroxyl groups is 1. The molecule has 2 N–H and O–H groups in total. The Morgan fingerprint density at radius 1 is 1.36 bits per heavy atom. The van der Waals surface area contributed by atoms with E-state index in [0.29, 0.717) is 24.3 Å². The molecule has 0 unspecified atom stereocenters. The van der Waals surface area contributed by atoms with Crippen LogP contribution in [0.25, 0.3) is 0 Å². The molecular formula is C18H27NO3. The van der Waals surface area contributed by atoms with Crippen molar-refractivity contribution >= 4 is 5.71 Å². The van der Waals surface area contributed by atoms with Crippen LogP contribution in [0.5, 0.6) is 11.5 Å². The van der Waals surface area contributed by atoms with Crippen LogP contribution in [0, 0.1) is 0 Å². The number of hydrogen-bond acceptors (Lipinski definition) is 4. The highest BCUT2D eigenvalue weighted by atomic mass is 16.5. The molecule has 0 saturated heterocycles. The summed E-state index contributed by atoms with van der Waals surface area (Å²) in [5, 5.41) is 19.9. The number of rotatable bonds is 5. The summed E-state index contributed by atoms with van der Waals surface area (Å²) < 4.78 is 6.05. The van der Waals surface area contributed by atoms with Gasteiger partial charge in [0.2, 0.25) is 0 Å². The molecule has 0 amide bonds. The van der Waals surface area contributed by atoms with Crippen LogP contribution in [-0.4, -0.2) is 34.2 Å². The topological polar surface area (TPSA) is 62.0 Å². The minimum absolute atomic E-state index is 0.225. The second-order valence-corrected chi connectivity index (χ2v) is 6.77. The highest BCUT2D eigenvalue weighted by Gasteiger charge is 2.33. The van der Waals surface area contributed by atoms with Crippen LogP contribution in [0.4, 0.5) is 0 Å². The standard InChI is InChI=1S/C18H27NO3/c1-5-6-7-13-8-15(21)17-14(19-11-12(2)20)10-18(3,4)22-16(17)9-13/h8-9,12,20-21H,5-7,10-11H2,1-4H3/t12-/m1/s1. The number of aliphatic hydroxyl groups excluding tert-OH is 1. The number of nitrogens with zero attached hydrogens (tertiary/aromatic N) is 1. The number of phenols is 1. The molecule has 0 spiro atoms. The molecule has 1 aromatic carbocycles. The summed E-state index contributed by atoms with van der Waals surface area (Å²) in [6.07, 6.45) is 3.26. The van der Waals surface area contributed by atoms with Gasteiger partial charge in [0.15, 0.2) is 0 Å². The van der Waals surface area contributed by atoms with Gasteiger partial charge in [0.1, 0.15) is 17.1 Å². The van der Waals surface area contributed by atoms with Gasteiger partial charge in [-0.2, -0.15) is 0 Å². The van der Waals surface area contributed by atoms with Gasteiger partial charge in [0.05, 0.1) is 23.9 Å². The SMILES string of the molecule is CCCCc1cc(O)c2c(c1)OC(C)(C)CC2=NC[C@@H](C)O. The van der Waals surface area contributed by atoms with E-state index in [4.69, 9.17) is 4.74 Å². The Morgan fingerprint density at radius 2 is 2.09 bits per heavy atom. The molecule has 0 aromatic heterocycles. The molecule has 122 valence electrons. The average Bonchev–Trinajstić information content (AvgIpc) is 2.40. The maximum atomic E-state index is 10.4. The monoisotopic (exact) mass is 305 g/mol. The van der Waals surface area contributed by atoms with E-state index in [0.717, 1.165) is 30.5 Å². The van der Waals surface area contributed by atoms with E-state index in [1.165, 1.54) is 0 Å². The molecule has 1 aliphatic rings. The summed E-state index contributed by atoms with van der Waals surface area (Å²) in [6.45, 7) is 8.23. The van der Waals surface area contributed by atoms with E-state index in [9.17, 15) is 10.2 Å². The van der Waals surface area contributed by atoms with E-state index < -0.39 is 6.10 Å². The van der Waals surface area contributed by atoms with Gasteiger partial charge in [-0.1, -0.05) is 13.3 Å². The van der Waals surface area contributed by atoms with Crippen LogP contribution >= 0.6 is 0 Å². The van der Waals surface area contributed by atoms with Gasteiger partial charge in [-0.25, -0.2) is 0 Å². The lowest BCUT2D eigenvalue weighted by molar-refractivity contribution is 0.110. The molecule has 1 aliphatic heterocycles. The zero-order chi connectivity index (χ0) is 16.3. The fourth-order valence-electron chi connectivity index (χ4n) is 2.75. The van der Waals surface area contributed by atoms with Crippen molar-refractivity contribution in [2.24, 2.45) is 4.99 Å². The zero-order valence-electron chi connectivity index (χ0n) is 14.0. The second kappa shape index (κ2) is 6.69. The van der Waals surface area contributed by atoms with Gasteiger partial charge < -0.3 is 14.9 Å². The number of aryl methyl sites for hydroxylation is 1. The Labute approximate surface area is 132 Å². The van der Waals surface area contributed by atoms with Gasteiger partial charge in [-0.15, -0.1) is 0 Å². The maximum absolute atomic E-state index is 10.4. The van der Waals surface area contributed by atoms with Gasteiger partial charge in [0.25, 0.3) is 0 Å². The van der Waals surface area contributed by atoms with E-state index in [1.807, 2.05) is 26.0 Å². The van der Waals surface area contributed by atoms with Gasteiger partial charge in [0, 0.05) is 6.42 Å². The number of fused-ring (bicyclic) bond motifs is 1. The molecule has 0 bridgehead atoms. The summed E-state index contributed by atoms with van der Waals surface area (Å²) in [4.78, 5) is 4.50. The Hall–Kier alpha value is -1.55. The highest BCUT2D eigenvalue weighted by Crippen LogP contribution is 2.39. The Morgan fingerprint density at radius 3 is 2.73 bits per heavy atom. The van der Waals surface area contributed by atoms with E-state index in [2.05, 4.69) is 11.9 Å². The quantitative estimate of drug-likeness (QED) is 0.875. The molecule has 4 heteroatoms. The van der Waals surface area contributed by atoms with Crippen molar-refractivity contribution in [3.05, 3.63) is 23.3 Å². The molecule has 2 rings (SSSR count). The molecule has 0 saturated carbocycles. The van der Waals surface area contributed by atoms with Crippen molar-refractivity contribution in [1.82, 2.24) is 0 Å². The number of benzene rings is 1. The Kier molecular flexibility index (Phi) is 5.12. The number of phenolic OH excluding ortho intramolecular Hbond substituents is 1. The molecule has 1 atom stereocenters. The predicted molar refractivity (Wildman–Crippen MR) is 89.1 cm³/mol. The summed E-state index contributed by atoms with van der Waals surface area (Å²) >= 11 is 0. The molecule has 1 heterocycles. The smallest absolute Gasteiger partial charge is 0.133 e. The molecule has 4 nitrogen and oxygen atoms in total. The fraction of sp³-hybridized carbons (Fsp3) is 0.611. The van der Waals surface area contributed by atoms with Crippen molar-refractivity contribution in [2.75, 3.05) is 6.54 Å². The van der Waals surface area contributed by atoms with Crippen molar-refractivity contribution in [3.8, 4) is 11.5 Å². The third-order valence-corrected chi connectivity index (χ3v) is 3.77. The van der Waals surface area contributed by atoms with Crippen LogP contribution in [0.2, 0.25) is 0 Å². The second-order valence-electron chi connectivity index (χ2n) is 6.77. The normalized spacial score (nSPS) is 19.6. The molecule has 0 fully saturated rings. The van der Waals surface area contributed by atoms with Crippen molar-refractivity contribution < 1.29 is 14.9 Å². The van der Waals surface area contributed by atoms with Gasteiger partial charge in [-0.3, -0.25) is 4.99 Å². The van der Waals surface area contributed by atoms with Crippen LogP contribution in [0.3, 0.4) is 0 Å². The number of ether oxygens (including phenoxy) is 1. The minimum Gasteiger partial charge on any atom is -0.507 e. The Bertz CT molecular complexity index is 562. The number of aliphatic hydroxyl groups is 1. The summed E-state index contributed by atoms with van der Waals surface area (Å²) in [5.41, 5.74) is 2.22. The third kappa shape index (κ3) is 4.01. The van der Waals surface area contributed by atoms with E-state index in [1.54, 1.807) is 6.92 Å². The van der Waals surface area contributed by atoms with Crippen LogP contribution in [0.15, 0.2) is 17.1 Å². The van der Waals surface area contributed by atoms with Gasteiger partial charge in [-0.05, 0) is 51.3 Å². The Balaban J connectivity index is 2.42. The molecule has 0 aliphatic carbocycles. The molecular weight excluding hydrogens is 278 g/mol. The lowest BCUT2D eigenvalue weighted by atomic mass is 9.90. The molecule has 22 heavy (non-hydrogen) atoms. The highest BCUT2D eigenvalue weighted by molar-refractivity contribution is 6.06. The molecule has 0 radical (unpaired) electrons. The number of aliphatic imine (C=N–C) groups is 1. The largest absolute Gasteiger partial charge is 0.507 e. The van der Waals surface area contributed by atoms with Crippen molar-refractivity contribution in [2.45, 2.75) is 65.1 Å².